The van der Waals surface area contributed by atoms with Gasteiger partial charge in [-0.05, 0) is 18.8 Å². The minimum absolute atomic E-state index is 0.0353. The van der Waals surface area contributed by atoms with Crippen LogP contribution in [0.1, 0.15) is 13.8 Å². The molecule has 0 aromatic heterocycles. The van der Waals surface area contributed by atoms with Gasteiger partial charge in [-0.3, -0.25) is 4.79 Å². The fourth-order valence-electron chi connectivity index (χ4n) is 3.70. The average Bonchev–Trinajstić information content (AvgIpc) is 2.62. The van der Waals surface area contributed by atoms with Gasteiger partial charge in [0.1, 0.15) is 0 Å². The fraction of sp³-hybridized carbons (Fsp3) is 0.750. The molecule has 2 fully saturated rings. The highest BCUT2D eigenvalue weighted by molar-refractivity contribution is 9.11. The molecule has 1 aliphatic heterocycles. The van der Waals surface area contributed by atoms with E-state index in [2.05, 4.69) is 22.9 Å². The third-order valence-electron chi connectivity index (χ3n) is 4.57. The minimum atomic E-state index is -1.000. The number of hydrogen-bond donors (Lipinski definition) is 0. The summed E-state index contributed by atoms with van der Waals surface area (Å²) in [5, 5.41) is 0. The summed E-state index contributed by atoms with van der Waals surface area (Å²) in [7, 11) is 1.57. The van der Waals surface area contributed by atoms with Crippen molar-refractivity contribution in [3.63, 3.8) is 0 Å². The Labute approximate surface area is 103 Å². The van der Waals surface area contributed by atoms with Gasteiger partial charge < -0.3 is 9.47 Å². The zero-order valence-corrected chi connectivity index (χ0v) is 11.2. The summed E-state index contributed by atoms with van der Waals surface area (Å²) >= 11 is 3.63. The summed E-state index contributed by atoms with van der Waals surface area (Å²) in [4.78, 5) is 12.5. The Bertz CT molecular complexity index is 403. The first kappa shape index (κ1) is 10.9. The summed E-state index contributed by atoms with van der Waals surface area (Å²) < 4.78 is 12.3. The van der Waals surface area contributed by atoms with Crippen molar-refractivity contribution in [3.05, 3.63) is 10.1 Å². The largest absolute Gasteiger partial charge is 0.346 e. The van der Waals surface area contributed by atoms with Crippen molar-refractivity contribution in [2.24, 2.45) is 23.7 Å². The second-order valence-corrected chi connectivity index (χ2v) is 5.91. The minimum Gasteiger partial charge on any atom is -0.346 e. The van der Waals surface area contributed by atoms with Crippen LogP contribution in [0.25, 0.3) is 0 Å². The second-order valence-electron chi connectivity index (χ2n) is 5.06. The predicted molar refractivity (Wildman–Crippen MR) is 62.0 cm³/mol. The number of ether oxygens (including phenoxy) is 2. The molecule has 0 aromatic rings. The Hall–Kier alpha value is -0.190. The number of carbonyl (C=O) groups excluding carboxylic acids is 1. The van der Waals surface area contributed by atoms with Crippen molar-refractivity contribution in [1.29, 1.82) is 0 Å². The van der Waals surface area contributed by atoms with Crippen LogP contribution in [-0.4, -0.2) is 25.3 Å². The molecule has 5 atom stereocenters. The van der Waals surface area contributed by atoms with Gasteiger partial charge in [-0.2, -0.15) is 0 Å². The Kier molecular flexibility index (Phi) is 2.17. The molecule has 4 heteroatoms. The van der Waals surface area contributed by atoms with Gasteiger partial charge >= 0.3 is 0 Å². The van der Waals surface area contributed by atoms with E-state index < -0.39 is 5.79 Å². The van der Waals surface area contributed by atoms with Crippen LogP contribution >= 0.6 is 15.9 Å². The highest BCUT2D eigenvalue weighted by atomic mass is 79.9. The van der Waals surface area contributed by atoms with Crippen molar-refractivity contribution in [2.45, 2.75) is 19.6 Å². The van der Waals surface area contributed by atoms with E-state index in [9.17, 15) is 4.79 Å². The normalized spacial score (nSPS) is 50.4. The number of ketones is 1. The number of allylic oxidation sites excluding steroid dienone is 1. The summed E-state index contributed by atoms with van der Waals surface area (Å²) in [5.74, 6) is -0.0933. The molecule has 0 radical (unpaired) electrons. The maximum absolute atomic E-state index is 12.5. The average molecular weight is 287 g/mol. The zero-order chi connectivity index (χ0) is 11.7. The van der Waals surface area contributed by atoms with Crippen LogP contribution in [0.15, 0.2) is 10.1 Å². The van der Waals surface area contributed by atoms with Crippen LogP contribution in [0.2, 0.25) is 0 Å². The molecule has 0 N–H and O–H groups in total. The van der Waals surface area contributed by atoms with Crippen LogP contribution in [0.3, 0.4) is 0 Å². The fourth-order valence-corrected chi connectivity index (χ4v) is 4.58. The van der Waals surface area contributed by atoms with E-state index in [0.717, 1.165) is 10.1 Å². The van der Waals surface area contributed by atoms with E-state index >= 15 is 0 Å². The monoisotopic (exact) mass is 286 g/mol. The van der Waals surface area contributed by atoms with E-state index in [-0.39, 0.29) is 17.6 Å². The van der Waals surface area contributed by atoms with Gasteiger partial charge in [0.2, 0.25) is 5.79 Å². The lowest BCUT2D eigenvalue weighted by molar-refractivity contribution is -0.217. The van der Waals surface area contributed by atoms with E-state index in [1.807, 2.05) is 6.92 Å². The smallest absolute Gasteiger partial charge is 0.237 e. The molecule has 4 rings (SSSR count). The Morgan fingerprint density at radius 2 is 2.25 bits per heavy atom. The van der Waals surface area contributed by atoms with E-state index in [1.54, 1.807) is 7.11 Å². The Balaban J connectivity index is 2.23. The number of carbonyl (C=O) groups is 1. The molecule has 4 aliphatic rings. The predicted octanol–water partition coefficient (Wildman–Crippen LogP) is 2.11. The molecule has 16 heavy (non-hydrogen) atoms. The van der Waals surface area contributed by atoms with Crippen molar-refractivity contribution in [1.82, 2.24) is 0 Å². The van der Waals surface area contributed by atoms with E-state index in [1.165, 1.54) is 0 Å². The summed E-state index contributed by atoms with van der Waals surface area (Å²) in [6.07, 6.45) is 0. The zero-order valence-electron chi connectivity index (χ0n) is 9.62. The van der Waals surface area contributed by atoms with Crippen LogP contribution in [0, 0.1) is 23.7 Å². The number of hydrogen-bond acceptors (Lipinski definition) is 3. The van der Waals surface area contributed by atoms with Gasteiger partial charge in [0.15, 0.2) is 5.78 Å². The topological polar surface area (TPSA) is 35.5 Å². The molecule has 0 unspecified atom stereocenters. The lowest BCUT2D eigenvalue weighted by Crippen LogP contribution is -2.59. The molecule has 3 aliphatic carbocycles. The molecule has 0 amide bonds. The Morgan fingerprint density at radius 1 is 1.56 bits per heavy atom. The molecule has 1 saturated heterocycles. The Morgan fingerprint density at radius 3 is 2.88 bits per heavy atom. The standard InChI is InChI=1S/C12H15BrO3/c1-5-7-4-16-12(15-3)9(7)10(13)6(2)8(5)11(12)14/h5,7-9H,4H2,1-3H3/t5-,7-,8+,9-,12-/m1/s1. The molecule has 1 heterocycles. The second kappa shape index (κ2) is 3.18. The molecular weight excluding hydrogens is 272 g/mol. The number of rotatable bonds is 1. The molecule has 1 saturated carbocycles. The van der Waals surface area contributed by atoms with Gasteiger partial charge in [0, 0.05) is 17.5 Å². The highest BCUT2D eigenvalue weighted by Crippen LogP contribution is 2.60. The molecule has 3 nitrogen and oxygen atoms in total. The maximum atomic E-state index is 12.5. The summed E-state index contributed by atoms with van der Waals surface area (Å²) in [6.45, 7) is 4.82. The number of halogens is 1. The summed E-state index contributed by atoms with van der Waals surface area (Å²) in [6, 6.07) is 0. The molecule has 0 aromatic carbocycles. The van der Waals surface area contributed by atoms with Crippen LogP contribution in [-0.2, 0) is 14.3 Å². The van der Waals surface area contributed by atoms with Gasteiger partial charge in [-0.25, -0.2) is 0 Å². The SMILES string of the molecule is CO[C@]12OC[C@@H]3[C@@H](C)[C@H](C1=O)C(C)=C(Br)[C@@H]32. The molecule has 4 bridgehead atoms. The van der Waals surface area contributed by atoms with Gasteiger partial charge in [-0.1, -0.05) is 28.4 Å². The molecule has 88 valence electrons. The van der Waals surface area contributed by atoms with Crippen molar-refractivity contribution in [2.75, 3.05) is 13.7 Å². The summed E-state index contributed by atoms with van der Waals surface area (Å²) in [5.41, 5.74) is 1.16. The first-order valence-electron chi connectivity index (χ1n) is 5.64. The molecular formula is C12H15BrO3. The van der Waals surface area contributed by atoms with Gasteiger partial charge in [0.05, 0.1) is 12.5 Å². The van der Waals surface area contributed by atoms with Crippen LogP contribution in [0.5, 0.6) is 0 Å². The lowest BCUT2D eigenvalue weighted by atomic mass is 9.58. The van der Waals surface area contributed by atoms with E-state index in [0.29, 0.717) is 18.4 Å². The van der Waals surface area contributed by atoms with Gasteiger partial charge in [0.25, 0.3) is 0 Å². The van der Waals surface area contributed by atoms with Crippen molar-refractivity contribution in [3.8, 4) is 0 Å². The highest BCUT2D eigenvalue weighted by Gasteiger charge is 2.68. The first-order valence-corrected chi connectivity index (χ1v) is 6.43. The lowest BCUT2D eigenvalue weighted by Gasteiger charge is -2.49. The third kappa shape index (κ3) is 0.951. The van der Waals surface area contributed by atoms with E-state index in [4.69, 9.17) is 9.47 Å². The van der Waals surface area contributed by atoms with Gasteiger partial charge in [-0.15, -0.1) is 0 Å². The van der Waals surface area contributed by atoms with Crippen molar-refractivity contribution >= 4 is 21.7 Å². The molecule has 0 spiro atoms. The van der Waals surface area contributed by atoms with Crippen LogP contribution < -0.4 is 0 Å². The number of Topliss-reactive ketones (excluding diaryl/α,β-unsaturated/α-hetero) is 1. The van der Waals surface area contributed by atoms with Crippen LogP contribution in [0.4, 0.5) is 0 Å². The maximum Gasteiger partial charge on any atom is 0.237 e. The third-order valence-corrected chi connectivity index (χ3v) is 5.69. The van der Waals surface area contributed by atoms with Crippen molar-refractivity contribution < 1.29 is 14.3 Å². The quantitative estimate of drug-likeness (QED) is 0.741. The first-order chi connectivity index (χ1) is 7.54. The number of methoxy groups -OCH3 is 1.